The number of methoxy groups -OCH3 is 1. The molecule has 0 radical (unpaired) electrons. The first-order valence-electron chi connectivity index (χ1n) is 9.86. The maximum atomic E-state index is 12.4. The Bertz CT molecular complexity index is 827. The van der Waals surface area contributed by atoms with Gasteiger partial charge >= 0.3 is 0 Å². The van der Waals surface area contributed by atoms with Gasteiger partial charge in [-0.2, -0.15) is 0 Å². The Morgan fingerprint density at radius 1 is 1.31 bits per heavy atom. The van der Waals surface area contributed by atoms with Gasteiger partial charge in [-0.05, 0) is 61.1 Å². The lowest BCUT2D eigenvalue weighted by atomic mass is 10.2. The van der Waals surface area contributed by atoms with E-state index in [0.717, 1.165) is 18.7 Å². The van der Waals surface area contributed by atoms with Crippen molar-refractivity contribution in [2.75, 3.05) is 33.4 Å². The fourth-order valence-corrected chi connectivity index (χ4v) is 4.29. The molecule has 1 amide bonds. The number of thiophene rings is 1. The van der Waals surface area contributed by atoms with Crippen LogP contribution in [-0.2, 0) is 4.79 Å². The number of carbonyl (C=O) groups excluding carboxylic acids is 1. The second-order valence-corrected chi connectivity index (χ2v) is 7.84. The summed E-state index contributed by atoms with van der Waals surface area (Å²) in [6.45, 7) is 6.85. The van der Waals surface area contributed by atoms with Crippen molar-refractivity contribution in [1.82, 2.24) is 10.2 Å². The summed E-state index contributed by atoms with van der Waals surface area (Å²) < 4.78 is 10.9. The summed E-state index contributed by atoms with van der Waals surface area (Å²) in [6, 6.07) is 10.0. The van der Waals surface area contributed by atoms with Crippen molar-refractivity contribution in [1.29, 1.82) is 0 Å². The highest BCUT2D eigenvalue weighted by atomic mass is 32.1. The van der Waals surface area contributed by atoms with Crippen molar-refractivity contribution in [3.8, 4) is 11.5 Å². The fourth-order valence-electron chi connectivity index (χ4n) is 3.43. The van der Waals surface area contributed by atoms with Gasteiger partial charge in [-0.15, -0.1) is 11.3 Å². The minimum absolute atomic E-state index is 0.100. The van der Waals surface area contributed by atoms with Crippen LogP contribution in [0.5, 0.6) is 11.5 Å². The van der Waals surface area contributed by atoms with E-state index >= 15 is 0 Å². The first-order chi connectivity index (χ1) is 14.2. The lowest BCUT2D eigenvalue weighted by molar-refractivity contribution is -0.116. The molecule has 154 valence electrons. The van der Waals surface area contributed by atoms with Crippen molar-refractivity contribution in [2.24, 2.45) is 0 Å². The van der Waals surface area contributed by atoms with Gasteiger partial charge in [-0.1, -0.05) is 24.8 Å². The van der Waals surface area contributed by atoms with Crippen LogP contribution in [0.25, 0.3) is 6.08 Å². The zero-order chi connectivity index (χ0) is 20.5. The molecule has 1 aliphatic rings. The predicted molar refractivity (Wildman–Crippen MR) is 119 cm³/mol. The molecule has 1 aliphatic heterocycles. The number of rotatable bonds is 10. The van der Waals surface area contributed by atoms with E-state index < -0.39 is 0 Å². The van der Waals surface area contributed by atoms with E-state index in [4.69, 9.17) is 9.47 Å². The molecule has 29 heavy (non-hydrogen) atoms. The van der Waals surface area contributed by atoms with Gasteiger partial charge in [0.05, 0.1) is 13.2 Å². The minimum atomic E-state index is -0.100. The number of hydrogen-bond donors (Lipinski definition) is 1. The number of amides is 1. The predicted octanol–water partition coefficient (Wildman–Crippen LogP) is 4.29. The van der Waals surface area contributed by atoms with Crippen molar-refractivity contribution in [3.63, 3.8) is 0 Å². The molecule has 1 atom stereocenters. The number of nitrogens with one attached hydrogen (secondary N) is 1. The van der Waals surface area contributed by atoms with E-state index in [-0.39, 0.29) is 11.9 Å². The highest BCUT2D eigenvalue weighted by Crippen LogP contribution is 2.29. The molecule has 2 aromatic rings. The van der Waals surface area contributed by atoms with Gasteiger partial charge in [0.15, 0.2) is 11.5 Å². The standard InChI is InChI=1S/C23H28N2O3S/c1-3-14-28-20-10-8-18(16-21(20)27-2)9-11-23(26)24-17-19(22-7-6-15-29-22)25-12-4-5-13-25/h3,6-11,15-16,19H,1,4-5,12-14,17H2,2H3,(H,24,26)/b11-9+. The largest absolute Gasteiger partial charge is 0.493 e. The number of ether oxygens (including phenoxy) is 2. The van der Waals surface area contributed by atoms with Crippen LogP contribution >= 0.6 is 11.3 Å². The third-order valence-corrected chi connectivity index (χ3v) is 5.87. The Kier molecular flexibility index (Phi) is 7.90. The smallest absolute Gasteiger partial charge is 0.244 e. The van der Waals surface area contributed by atoms with Crippen LogP contribution in [0.3, 0.4) is 0 Å². The van der Waals surface area contributed by atoms with E-state index in [1.54, 1.807) is 36.7 Å². The Morgan fingerprint density at radius 2 is 2.14 bits per heavy atom. The average molecular weight is 413 g/mol. The Balaban J connectivity index is 1.59. The molecule has 1 N–H and O–H groups in total. The Morgan fingerprint density at radius 3 is 2.83 bits per heavy atom. The molecule has 1 aromatic heterocycles. The maximum Gasteiger partial charge on any atom is 0.244 e. The topological polar surface area (TPSA) is 50.8 Å². The van der Waals surface area contributed by atoms with E-state index in [1.807, 2.05) is 18.2 Å². The number of carbonyl (C=O) groups is 1. The number of likely N-dealkylation sites (tertiary alicyclic amines) is 1. The van der Waals surface area contributed by atoms with E-state index in [2.05, 4.69) is 34.3 Å². The summed E-state index contributed by atoms with van der Waals surface area (Å²) >= 11 is 1.75. The lowest BCUT2D eigenvalue weighted by Gasteiger charge is -2.26. The van der Waals surface area contributed by atoms with Crippen molar-refractivity contribution >= 4 is 23.3 Å². The first kappa shape index (κ1) is 21.1. The van der Waals surface area contributed by atoms with Crippen LogP contribution in [0.1, 0.15) is 29.3 Å². The maximum absolute atomic E-state index is 12.4. The number of hydrogen-bond acceptors (Lipinski definition) is 5. The van der Waals surface area contributed by atoms with Crippen molar-refractivity contribution < 1.29 is 14.3 Å². The van der Waals surface area contributed by atoms with Gasteiger partial charge in [-0.25, -0.2) is 0 Å². The molecule has 3 rings (SSSR count). The molecule has 6 heteroatoms. The van der Waals surface area contributed by atoms with E-state index in [0.29, 0.717) is 24.7 Å². The Hall–Kier alpha value is -2.57. The fraction of sp³-hybridized carbons (Fsp3) is 0.348. The van der Waals surface area contributed by atoms with Crippen LogP contribution in [0.4, 0.5) is 0 Å². The summed E-state index contributed by atoms with van der Waals surface area (Å²) in [5.41, 5.74) is 0.873. The second-order valence-electron chi connectivity index (χ2n) is 6.86. The van der Waals surface area contributed by atoms with Crippen LogP contribution in [0, 0.1) is 0 Å². The van der Waals surface area contributed by atoms with Crippen molar-refractivity contribution in [2.45, 2.75) is 18.9 Å². The summed E-state index contributed by atoms with van der Waals surface area (Å²) in [5, 5.41) is 5.15. The van der Waals surface area contributed by atoms with Gasteiger partial charge in [0.25, 0.3) is 0 Å². The Labute approximate surface area is 176 Å². The summed E-state index contributed by atoms with van der Waals surface area (Å²) in [4.78, 5) is 16.2. The van der Waals surface area contributed by atoms with Gasteiger partial charge in [0.1, 0.15) is 6.61 Å². The summed E-state index contributed by atoms with van der Waals surface area (Å²) in [7, 11) is 1.60. The summed E-state index contributed by atoms with van der Waals surface area (Å²) in [6.07, 6.45) is 7.48. The van der Waals surface area contributed by atoms with E-state index in [9.17, 15) is 4.79 Å². The second kappa shape index (κ2) is 10.8. The molecular formula is C23H28N2O3S. The molecular weight excluding hydrogens is 384 g/mol. The number of benzene rings is 1. The molecule has 0 aliphatic carbocycles. The van der Waals surface area contributed by atoms with Crippen LogP contribution < -0.4 is 14.8 Å². The molecule has 1 aromatic carbocycles. The molecule has 1 fully saturated rings. The third-order valence-electron chi connectivity index (χ3n) is 4.89. The average Bonchev–Trinajstić information content (AvgIpc) is 3.46. The molecule has 2 heterocycles. The van der Waals surface area contributed by atoms with Gasteiger partial charge in [0, 0.05) is 17.5 Å². The monoisotopic (exact) mass is 412 g/mol. The molecule has 0 spiro atoms. The van der Waals surface area contributed by atoms with Crippen LogP contribution in [0.15, 0.2) is 54.4 Å². The molecule has 5 nitrogen and oxygen atoms in total. The van der Waals surface area contributed by atoms with Crippen LogP contribution in [-0.4, -0.2) is 44.2 Å². The quantitative estimate of drug-likeness (QED) is 0.467. The zero-order valence-corrected chi connectivity index (χ0v) is 17.6. The van der Waals surface area contributed by atoms with E-state index in [1.165, 1.54) is 17.7 Å². The van der Waals surface area contributed by atoms with Crippen molar-refractivity contribution in [3.05, 3.63) is 64.9 Å². The van der Waals surface area contributed by atoms with Gasteiger partial charge in [0.2, 0.25) is 5.91 Å². The third kappa shape index (κ3) is 5.95. The SMILES string of the molecule is C=CCOc1ccc(/C=C/C(=O)NCC(c2cccs2)N2CCCC2)cc1OC. The van der Waals surface area contributed by atoms with Crippen LogP contribution in [0.2, 0.25) is 0 Å². The highest BCUT2D eigenvalue weighted by molar-refractivity contribution is 7.10. The van der Waals surface area contributed by atoms with Gasteiger partial charge in [-0.3, -0.25) is 9.69 Å². The molecule has 1 unspecified atom stereocenters. The zero-order valence-electron chi connectivity index (χ0n) is 16.8. The molecule has 0 bridgehead atoms. The molecule has 1 saturated heterocycles. The van der Waals surface area contributed by atoms with Gasteiger partial charge < -0.3 is 14.8 Å². The minimum Gasteiger partial charge on any atom is -0.493 e. The first-order valence-corrected chi connectivity index (χ1v) is 10.7. The molecule has 0 saturated carbocycles. The number of nitrogens with zero attached hydrogens (tertiary/aromatic N) is 1. The normalized spacial score (nSPS) is 15.3. The highest BCUT2D eigenvalue weighted by Gasteiger charge is 2.24. The summed E-state index contributed by atoms with van der Waals surface area (Å²) in [5.74, 6) is 1.18. The lowest BCUT2D eigenvalue weighted by Crippen LogP contribution is -2.35.